The molecule has 0 radical (unpaired) electrons. The fraction of sp³-hybridized carbons (Fsp3) is 0.467. The molecule has 1 N–H and O–H groups in total. The Balaban J connectivity index is 2.62. The second kappa shape index (κ2) is 8.30. The SMILES string of the molecule is CCCCCNC(=O)CN(C(C)=O)c1ccccc1F. The minimum absolute atomic E-state index is 0.128. The van der Waals surface area contributed by atoms with E-state index in [4.69, 9.17) is 0 Å². The first-order valence-electron chi connectivity index (χ1n) is 6.85. The van der Waals surface area contributed by atoms with Crippen LogP contribution in [0.4, 0.5) is 10.1 Å². The van der Waals surface area contributed by atoms with Crippen LogP contribution >= 0.6 is 0 Å². The third-order valence-electron chi connectivity index (χ3n) is 2.93. The predicted molar refractivity (Wildman–Crippen MR) is 77.0 cm³/mol. The summed E-state index contributed by atoms with van der Waals surface area (Å²) in [4.78, 5) is 24.5. The Morgan fingerprint density at radius 3 is 2.55 bits per heavy atom. The van der Waals surface area contributed by atoms with Crippen LogP contribution in [0, 0.1) is 5.82 Å². The van der Waals surface area contributed by atoms with Gasteiger partial charge in [0.25, 0.3) is 0 Å². The lowest BCUT2D eigenvalue weighted by atomic mass is 10.2. The highest BCUT2D eigenvalue weighted by Crippen LogP contribution is 2.18. The van der Waals surface area contributed by atoms with E-state index in [1.807, 2.05) is 0 Å². The number of hydrogen-bond donors (Lipinski definition) is 1. The van der Waals surface area contributed by atoms with E-state index in [1.54, 1.807) is 12.1 Å². The van der Waals surface area contributed by atoms with Crippen molar-refractivity contribution in [2.24, 2.45) is 0 Å². The van der Waals surface area contributed by atoms with Gasteiger partial charge in [-0.3, -0.25) is 9.59 Å². The Hall–Kier alpha value is -1.91. The lowest BCUT2D eigenvalue weighted by Gasteiger charge is -2.21. The van der Waals surface area contributed by atoms with Crippen LogP contribution in [0.2, 0.25) is 0 Å². The van der Waals surface area contributed by atoms with E-state index < -0.39 is 5.82 Å². The van der Waals surface area contributed by atoms with Crippen LogP contribution in [-0.4, -0.2) is 24.9 Å². The second-order valence-electron chi connectivity index (χ2n) is 4.61. The zero-order valence-corrected chi connectivity index (χ0v) is 12.0. The second-order valence-corrected chi connectivity index (χ2v) is 4.61. The Morgan fingerprint density at radius 1 is 1.25 bits per heavy atom. The van der Waals surface area contributed by atoms with Gasteiger partial charge in [0, 0.05) is 13.5 Å². The third kappa shape index (κ3) is 4.99. The Kier molecular flexibility index (Phi) is 6.70. The van der Waals surface area contributed by atoms with E-state index in [1.165, 1.54) is 19.1 Å². The quantitative estimate of drug-likeness (QED) is 0.780. The molecule has 4 nitrogen and oxygen atoms in total. The first kappa shape index (κ1) is 16.1. The number of carbonyl (C=O) groups is 2. The molecule has 1 aromatic rings. The zero-order chi connectivity index (χ0) is 15.0. The van der Waals surface area contributed by atoms with Gasteiger partial charge in [-0.2, -0.15) is 0 Å². The van der Waals surface area contributed by atoms with Gasteiger partial charge in [0.15, 0.2) is 0 Å². The van der Waals surface area contributed by atoms with Gasteiger partial charge >= 0.3 is 0 Å². The van der Waals surface area contributed by atoms with Gasteiger partial charge in [-0.25, -0.2) is 4.39 Å². The molecule has 0 atom stereocenters. The standard InChI is InChI=1S/C15H21FN2O2/c1-3-4-7-10-17-15(20)11-18(12(2)19)14-9-6-5-8-13(14)16/h5-6,8-9H,3-4,7,10-11H2,1-2H3,(H,17,20). The molecule has 2 amide bonds. The van der Waals surface area contributed by atoms with Crippen molar-refractivity contribution < 1.29 is 14.0 Å². The van der Waals surface area contributed by atoms with E-state index in [2.05, 4.69) is 12.2 Å². The van der Waals surface area contributed by atoms with Crippen LogP contribution in [-0.2, 0) is 9.59 Å². The number of para-hydroxylation sites is 1. The number of halogens is 1. The summed E-state index contributed by atoms with van der Waals surface area (Å²) in [7, 11) is 0. The molecule has 0 bridgehead atoms. The van der Waals surface area contributed by atoms with Crippen molar-refractivity contribution in [2.45, 2.75) is 33.1 Å². The summed E-state index contributed by atoms with van der Waals surface area (Å²) in [5.41, 5.74) is 0.128. The molecule has 0 fully saturated rings. The molecule has 0 aliphatic rings. The van der Waals surface area contributed by atoms with Gasteiger partial charge < -0.3 is 10.2 Å². The van der Waals surface area contributed by atoms with E-state index in [-0.39, 0.29) is 24.0 Å². The van der Waals surface area contributed by atoms with Crippen molar-refractivity contribution in [2.75, 3.05) is 18.0 Å². The predicted octanol–water partition coefficient (Wildman–Crippen LogP) is 2.49. The minimum atomic E-state index is -0.513. The maximum atomic E-state index is 13.7. The summed E-state index contributed by atoms with van der Waals surface area (Å²) in [5, 5.41) is 2.74. The average molecular weight is 280 g/mol. The summed E-state index contributed by atoms with van der Waals surface area (Å²) in [6.07, 6.45) is 3.02. The maximum absolute atomic E-state index is 13.7. The molecule has 0 spiro atoms. The Labute approximate surface area is 119 Å². The van der Waals surface area contributed by atoms with Crippen molar-refractivity contribution in [1.29, 1.82) is 0 Å². The van der Waals surface area contributed by atoms with E-state index >= 15 is 0 Å². The van der Waals surface area contributed by atoms with Gasteiger partial charge in [-0.15, -0.1) is 0 Å². The number of amides is 2. The van der Waals surface area contributed by atoms with Crippen molar-refractivity contribution in [3.63, 3.8) is 0 Å². The number of carbonyl (C=O) groups excluding carboxylic acids is 2. The van der Waals surface area contributed by atoms with Crippen molar-refractivity contribution >= 4 is 17.5 Å². The van der Waals surface area contributed by atoms with Crippen LogP contribution in [0.15, 0.2) is 24.3 Å². The average Bonchev–Trinajstić information content (AvgIpc) is 2.42. The molecular formula is C15H21FN2O2. The van der Waals surface area contributed by atoms with Crippen molar-refractivity contribution in [1.82, 2.24) is 5.32 Å². The first-order chi connectivity index (χ1) is 9.56. The molecule has 0 heterocycles. The van der Waals surface area contributed by atoms with Gasteiger partial charge in [-0.05, 0) is 18.6 Å². The number of nitrogens with one attached hydrogen (secondary N) is 1. The molecule has 0 saturated carbocycles. The highest BCUT2D eigenvalue weighted by Gasteiger charge is 2.18. The number of nitrogens with zero attached hydrogens (tertiary/aromatic N) is 1. The van der Waals surface area contributed by atoms with Crippen LogP contribution in [0.25, 0.3) is 0 Å². The highest BCUT2D eigenvalue weighted by molar-refractivity contribution is 5.97. The zero-order valence-electron chi connectivity index (χ0n) is 12.0. The van der Waals surface area contributed by atoms with E-state index in [9.17, 15) is 14.0 Å². The van der Waals surface area contributed by atoms with Gasteiger partial charge in [0.2, 0.25) is 11.8 Å². The summed E-state index contributed by atoms with van der Waals surface area (Å²) in [5.74, 6) is -1.15. The number of benzene rings is 1. The number of anilines is 1. The van der Waals surface area contributed by atoms with Crippen LogP contribution < -0.4 is 10.2 Å². The van der Waals surface area contributed by atoms with E-state index in [0.29, 0.717) is 6.54 Å². The smallest absolute Gasteiger partial charge is 0.240 e. The molecule has 0 aromatic heterocycles. The lowest BCUT2D eigenvalue weighted by Crippen LogP contribution is -2.40. The van der Waals surface area contributed by atoms with Crippen LogP contribution in [0.3, 0.4) is 0 Å². The van der Waals surface area contributed by atoms with E-state index in [0.717, 1.165) is 24.2 Å². The molecule has 5 heteroatoms. The fourth-order valence-corrected chi connectivity index (χ4v) is 1.84. The maximum Gasteiger partial charge on any atom is 0.240 e. The molecule has 1 aromatic carbocycles. The molecular weight excluding hydrogens is 259 g/mol. The number of unbranched alkanes of at least 4 members (excludes halogenated alkanes) is 2. The summed E-state index contributed by atoms with van der Waals surface area (Å²) >= 11 is 0. The molecule has 110 valence electrons. The topological polar surface area (TPSA) is 49.4 Å². The molecule has 0 aliphatic heterocycles. The number of rotatable bonds is 7. The van der Waals surface area contributed by atoms with Crippen molar-refractivity contribution in [3.05, 3.63) is 30.1 Å². The number of hydrogen-bond acceptors (Lipinski definition) is 2. The Morgan fingerprint density at radius 2 is 1.95 bits per heavy atom. The van der Waals surface area contributed by atoms with Crippen LogP contribution in [0.5, 0.6) is 0 Å². The molecule has 0 unspecified atom stereocenters. The molecule has 1 rings (SSSR count). The summed E-state index contributed by atoms with van der Waals surface area (Å²) in [6, 6.07) is 5.93. The molecule has 20 heavy (non-hydrogen) atoms. The normalized spacial score (nSPS) is 10.2. The van der Waals surface area contributed by atoms with Gasteiger partial charge in [0.1, 0.15) is 12.4 Å². The Bertz CT molecular complexity index is 463. The third-order valence-corrected chi connectivity index (χ3v) is 2.93. The molecule has 0 aliphatic carbocycles. The van der Waals surface area contributed by atoms with Crippen LogP contribution in [0.1, 0.15) is 33.1 Å². The fourth-order valence-electron chi connectivity index (χ4n) is 1.84. The van der Waals surface area contributed by atoms with Crippen molar-refractivity contribution in [3.8, 4) is 0 Å². The lowest BCUT2D eigenvalue weighted by molar-refractivity contribution is -0.123. The van der Waals surface area contributed by atoms with Gasteiger partial charge in [0.05, 0.1) is 5.69 Å². The minimum Gasteiger partial charge on any atom is -0.355 e. The monoisotopic (exact) mass is 280 g/mol. The highest BCUT2D eigenvalue weighted by atomic mass is 19.1. The largest absolute Gasteiger partial charge is 0.355 e. The summed E-state index contributed by atoms with van der Waals surface area (Å²) < 4.78 is 13.7. The molecule has 0 saturated heterocycles. The van der Waals surface area contributed by atoms with Gasteiger partial charge in [-0.1, -0.05) is 31.9 Å². The summed E-state index contributed by atoms with van der Waals surface area (Å²) in [6.45, 7) is 3.81. The first-order valence-corrected chi connectivity index (χ1v) is 6.85.